The lowest BCUT2D eigenvalue weighted by Gasteiger charge is -2.37. The smallest absolute Gasteiger partial charge is 0.413 e. The Morgan fingerprint density at radius 3 is 2.25 bits per heavy atom. The van der Waals surface area contributed by atoms with Crippen molar-refractivity contribution in [2.45, 2.75) is 72.2 Å². The van der Waals surface area contributed by atoms with Crippen LogP contribution in [0.4, 0.5) is 10.6 Å². The average Bonchev–Trinajstić information content (AvgIpc) is 2.33. The van der Waals surface area contributed by atoms with Crippen molar-refractivity contribution in [1.82, 2.24) is 4.98 Å². The SMILES string of the molecule is Cc1cc(NC(=O)OC(C)(C)C)ncc1BOC(C)(C)C(C)(C)O. The molecule has 1 rings (SSSR count). The molecule has 134 valence electrons. The van der Waals surface area contributed by atoms with Gasteiger partial charge in [0.1, 0.15) is 11.4 Å². The standard InChI is InChI=1S/C17H29BN2O4/c1-11-9-13(20-14(21)23-15(2,3)4)19-10-12(11)18-24-17(7,8)16(5,6)22/h9-10,18,22H,1-8H3,(H,19,20,21). The second-order valence-electron chi connectivity index (χ2n) is 7.98. The van der Waals surface area contributed by atoms with E-state index >= 15 is 0 Å². The van der Waals surface area contributed by atoms with Gasteiger partial charge >= 0.3 is 13.6 Å². The van der Waals surface area contributed by atoms with Crippen LogP contribution in [-0.2, 0) is 9.39 Å². The van der Waals surface area contributed by atoms with Crippen molar-refractivity contribution in [3.05, 3.63) is 17.8 Å². The zero-order valence-corrected chi connectivity index (χ0v) is 16.0. The van der Waals surface area contributed by atoms with Gasteiger partial charge in [-0.1, -0.05) is 0 Å². The highest BCUT2D eigenvalue weighted by Crippen LogP contribution is 2.24. The minimum absolute atomic E-state index is 0.322. The molecule has 0 bridgehead atoms. The number of hydrogen-bond donors (Lipinski definition) is 2. The average molecular weight is 336 g/mol. The van der Waals surface area contributed by atoms with Crippen LogP contribution in [0, 0.1) is 6.92 Å². The first kappa shape index (κ1) is 20.4. The maximum atomic E-state index is 11.8. The van der Waals surface area contributed by atoms with E-state index in [2.05, 4.69) is 10.3 Å². The molecular weight excluding hydrogens is 307 g/mol. The van der Waals surface area contributed by atoms with Crippen molar-refractivity contribution in [1.29, 1.82) is 0 Å². The Kier molecular flexibility index (Phi) is 6.06. The number of carbonyl (C=O) groups is 1. The normalized spacial score (nSPS) is 12.7. The van der Waals surface area contributed by atoms with Gasteiger partial charge in [-0.3, -0.25) is 5.32 Å². The first-order valence-corrected chi connectivity index (χ1v) is 8.03. The van der Waals surface area contributed by atoms with E-state index in [0.29, 0.717) is 13.3 Å². The molecule has 0 aromatic carbocycles. The molecule has 7 heteroatoms. The highest BCUT2D eigenvalue weighted by atomic mass is 16.6. The Bertz CT molecular complexity index is 589. The molecule has 0 atom stereocenters. The lowest BCUT2D eigenvalue weighted by molar-refractivity contribution is -0.0893. The molecule has 6 nitrogen and oxygen atoms in total. The summed E-state index contributed by atoms with van der Waals surface area (Å²) >= 11 is 0. The minimum Gasteiger partial charge on any atom is -0.444 e. The summed E-state index contributed by atoms with van der Waals surface area (Å²) in [4.78, 5) is 16.0. The van der Waals surface area contributed by atoms with Gasteiger partial charge < -0.3 is 14.5 Å². The van der Waals surface area contributed by atoms with Crippen LogP contribution in [0.3, 0.4) is 0 Å². The maximum Gasteiger partial charge on any atom is 0.413 e. The van der Waals surface area contributed by atoms with Crippen LogP contribution >= 0.6 is 0 Å². The summed E-state index contributed by atoms with van der Waals surface area (Å²) < 4.78 is 11.0. The van der Waals surface area contributed by atoms with Crippen LogP contribution in [0.1, 0.15) is 54.0 Å². The number of carbonyl (C=O) groups excluding carboxylic acids is 1. The Morgan fingerprint density at radius 2 is 1.79 bits per heavy atom. The summed E-state index contributed by atoms with van der Waals surface area (Å²) in [6, 6.07) is 1.76. The van der Waals surface area contributed by atoms with Crippen LogP contribution in [0.25, 0.3) is 0 Å². The Hall–Kier alpha value is -1.60. The molecule has 1 aromatic rings. The molecular formula is C17H29BN2O4. The molecule has 0 fully saturated rings. The highest BCUT2D eigenvalue weighted by molar-refractivity contribution is 6.47. The van der Waals surface area contributed by atoms with E-state index in [4.69, 9.17) is 9.39 Å². The Balaban J connectivity index is 2.74. The van der Waals surface area contributed by atoms with E-state index in [1.54, 1.807) is 46.9 Å². The number of pyridine rings is 1. The number of hydrogen-bond acceptors (Lipinski definition) is 5. The van der Waals surface area contributed by atoms with Crippen LogP contribution in [-0.4, -0.2) is 40.5 Å². The van der Waals surface area contributed by atoms with Crippen molar-refractivity contribution in [3.8, 4) is 0 Å². The van der Waals surface area contributed by atoms with Crippen molar-refractivity contribution in [3.63, 3.8) is 0 Å². The van der Waals surface area contributed by atoms with Gasteiger partial charge in [-0.2, -0.15) is 0 Å². The van der Waals surface area contributed by atoms with Crippen molar-refractivity contribution >= 4 is 24.9 Å². The third kappa shape index (κ3) is 6.13. The molecule has 2 N–H and O–H groups in total. The van der Waals surface area contributed by atoms with Gasteiger partial charge in [-0.05, 0) is 72.5 Å². The molecule has 0 radical (unpaired) electrons. The second-order valence-corrected chi connectivity index (χ2v) is 7.98. The quantitative estimate of drug-likeness (QED) is 0.807. The summed E-state index contributed by atoms with van der Waals surface area (Å²) in [6.07, 6.45) is 1.12. The van der Waals surface area contributed by atoms with E-state index in [9.17, 15) is 9.90 Å². The van der Waals surface area contributed by atoms with E-state index in [1.807, 2.05) is 20.8 Å². The minimum atomic E-state index is -0.966. The van der Waals surface area contributed by atoms with Gasteiger partial charge in [-0.25, -0.2) is 9.78 Å². The number of amides is 1. The molecule has 0 aliphatic heterocycles. The van der Waals surface area contributed by atoms with Crippen LogP contribution < -0.4 is 10.8 Å². The van der Waals surface area contributed by atoms with Gasteiger partial charge in [0, 0.05) is 6.20 Å². The number of aliphatic hydroxyl groups is 1. The molecule has 1 amide bonds. The molecule has 0 saturated carbocycles. The maximum absolute atomic E-state index is 11.8. The molecule has 0 saturated heterocycles. The molecule has 1 aromatic heterocycles. The van der Waals surface area contributed by atoms with Gasteiger partial charge in [0.05, 0.1) is 11.2 Å². The van der Waals surface area contributed by atoms with Crippen LogP contribution in [0.2, 0.25) is 0 Å². The zero-order valence-electron chi connectivity index (χ0n) is 16.0. The molecule has 0 unspecified atom stereocenters. The number of nitrogens with one attached hydrogen (secondary N) is 1. The van der Waals surface area contributed by atoms with Gasteiger partial charge in [0.15, 0.2) is 0 Å². The Morgan fingerprint density at radius 1 is 1.21 bits per heavy atom. The predicted molar refractivity (Wildman–Crippen MR) is 97.1 cm³/mol. The lowest BCUT2D eigenvalue weighted by Crippen LogP contribution is -2.49. The molecule has 1 heterocycles. The Labute approximate surface area is 145 Å². The summed E-state index contributed by atoms with van der Waals surface area (Å²) in [6.45, 7) is 14.4. The number of ether oxygens (including phenoxy) is 1. The third-order valence-electron chi connectivity index (χ3n) is 3.91. The molecule has 0 spiro atoms. The lowest BCUT2D eigenvalue weighted by atomic mass is 9.81. The number of aryl methyl sites for hydroxylation is 1. The van der Waals surface area contributed by atoms with E-state index < -0.39 is 22.9 Å². The summed E-state index contributed by atoms with van der Waals surface area (Å²) in [5.74, 6) is 0.423. The summed E-state index contributed by atoms with van der Waals surface area (Å²) in [7, 11) is 0.322. The topological polar surface area (TPSA) is 80.7 Å². The van der Waals surface area contributed by atoms with Gasteiger partial charge in [0.2, 0.25) is 0 Å². The first-order chi connectivity index (χ1) is 10.7. The monoisotopic (exact) mass is 336 g/mol. The predicted octanol–water partition coefficient (Wildman–Crippen LogP) is 2.28. The first-order valence-electron chi connectivity index (χ1n) is 8.03. The number of aromatic nitrogens is 1. The number of rotatable bonds is 5. The molecule has 0 aliphatic carbocycles. The van der Waals surface area contributed by atoms with Crippen molar-refractivity contribution in [2.75, 3.05) is 5.32 Å². The van der Waals surface area contributed by atoms with Crippen molar-refractivity contribution in [2.24, 2.45) is 0 Å². The fourth-order valence-electron chi connectivity index (χ4n) is 1.65. The molecule has 0 aliphatic rings. The van der Waals surface area contributed by atoms with Crippen LogP contribution in [0.5, 0.6) is 0 Å². The summed E-state index contributed by atoms with van der Waals surface area (Å²) in [5.41, 5.74) is -0.403. The second kappa shape index (κ2) is 7.11. The zero-order chi connectivity index (χ0) is 18.8. The van der Waals surface area contributed by atoms with Gasteiger partial charge in [-0.15, -0.1) is 0 Å². The van der Waals surface area contributed by atoms with E-state index in [-0.39, 0.29) is 0 Å². The van der Waals surface area contributed by atoms with Gasteiger partial charge in [0.25, 0.3) is 0 Å². The van der Waals surface area contributed by atoms with Crippen molar-refractivity contribution < 1.29 is 19.3 Å². The highest BCUT2D eigenvalue weighted by Gasteiger charge is 2.35. The van der Waals surface area contributed by atoms with E-state index in [1.165, 1.54) is 0 Å². The number of anilines is 1. The fraction of sp³-hybridized carbons (Fsp3) is 0.647. The number of nitrogens with zero attached hydrogens (tertiary/aromatic N) is 1. The molecule has 24 heavy (non-hydrogen) atoms. The van der Waals surface area contributed by atoms with Crippen LogP contribution in [0.15, 0.2) is 12.3 Å². The van der Waals surface area contributed by atoms with E-state index in [0.717, 1.165) is 11.0 Å². The summed E-state index contributed by atoms with van der Waals surface area (Å²) in [5, 5.41) is 12.7. The third-order valence-corrected chi connectivity index (χ3v) is 3.91. The fourth-order valence-corrected chi connectivity index (χ4v) is 1.65. The largest absolute Gasteiger partial charge is 0.444 e.